The molecule has 0 unspecified atom stereocenters. The predicted molar refractivity (Wildman–Crippen MR) is 56.6 cm³/mol. The zero-order valence-electron chi connectivity index (χ0n) is 6.49. The molecule has 0 radical (unpaired) electrons. The standard InChI is InChI=1S/C8H2BrF3IN/c9-6-1-4(3-14)5(2-7(6)13)8(10,11)12/h1-2H. The molecule has 1 nitrogen and oxygen atoms in total. The van der Waals surface area contributed by atoms with Crippen molar-refractivity contribution in [1.29, 1.82) is 5.26 Å². The number of nitriles is 1. The Kier molecular flexibility index (Phi) is 3.42. The predicted octanol–water partition coefficient (Wildman–Crippen LogP) is 3.94. The van der Waals surface area contributed by atoms with Gasteiger partial charge < -0.3 is 0 Å². The fourth-order valence-corrected chi connectivity index (χ4v) is 1.68. The number of benzene rings is 1. The molecule has 0 bridgehead atoms. The van der Waals surface area contributed by atoms with Crippen molar-refractivity contribution < 1.29 is 13.2 Å². The maximum atomic E-state index is 12.4. The number of alkyl halides is 3. The largest absolute Gasteiger partial charge is 0.417 e. The van der Waals surface area contributed by atoms with Crippen molar-refractivity contribution in [1.82, 2.24) is 0 Å². The van der Waals surface area contributed by atoms with E-state index >= 15 is 0 Å². The van der Waals surface area contributed by atoms with E-state index in [-0.39, 0.29) is 5.56 Å². The summed E-state index contributed by atoms with van der Waals surface area (Å²) < 4.78 is 38.0. The Morgan fingerprint density at radius 2 is 1.93 bits per heavy atom. The van der Waals surface area contributed by atoms with Gasteiger partial charge in [0.05, 0.1) is 17.2 Å². The molecule has 0 saturated heterocycles. The molecule has 74 valence electrons. The molecule has 1 aromatic carbocycles. The third-order valence-electron chi connectivity index (χ3n) is 1.49. The molecule has 0 aliphatic heterocycles. The third-order valence-corrected chi connectivity index (χ3v) is 3.78. The molecule has 0 aliphatic carbocycles. The Balaban J connectivity index is 3.45. The highest BCUT2D eigenvalue weighted by Gasteiger charge is 2.34. The van der Waals surface area contributed by atoms with Crippen LogP contribution in [0, 0.1) is 14.9 Å². The molecule has 0 spiro atoms. The van der Waals surface area contributed by atoms with Crippen molar-refractivity contribution in [2.75, 3.05) is 0 Å². The van der Waals surface area contributed by atoms with E-state index in [1.54, 1.807) is 22.6 Å². The van der Waals surface area contributed by atoms with Gasteiger partial charge in [-0.05, 0) is 50.7 Å². The molecule has 0 N–H and O–H groups in total. The molecule has 1 rings (SSSR count). The first kappa shape index (κ1) is 11.8. The molecule has 14 heavy (non-hydrogen) atoms. The summed E-state index contributed by atoms with van der Waals surface area (Å²) in [6.07, 6.45) is -4.48. The Morgan fingerprint density at radius 3 is 2.36 bits per heavy atom. The fourth-order valence-electron chi connectivity index (χ4n) is 0.874. The van der Waals surface area contributed by atoms with Gasteiger partial charge in [0.15, 0.2) is 0 Å². The van der Waals surface area contributed by atoms with Crippen LogP contribution in [0.1, 0.15) is 11.1 Å². The Morgan fingerprint density at radius 1 is 1.36 bits per heavy atom. The molecule has 0 fully saturated rings. The average Bonchev–Trinajstić information content (AvgIpc) is 2.07. The van der Waals surface area contributed by atoms with E-state index in [9.17, 15) is 13.2 Å². The number of hydrogen-bond donors (Lipinski definition) is 0. The Labute approximate surface area is 100 Å². The van der Waals surface area contributed by atoms with Crippen LogP contribution in [0.3, 0.4) is 0 Å². The first-order valence-electron chi connectivity index (χ1n) is 3.32. The minimum absolute atomic E-state index is 0.371. The monoisotopic (exact) mass is 375 g/mol. The number of hydrogen-bond acceptors (Lipinski definition) is 1. The lowest BCUT2D eigenvalue weighted by Gasteiger charge is -2.09. The molecule has 1 aromatic rings. The molecule has 0 aliphatic rings. The van der Waals surface area contributed by atoms with Gasteiger partial charge in [0, 0.05) is 8.04 Å². The van der Waals surface area contributed by atoms with Crippen molar-refractivity contribution in [2.24, 2.45) is 0 Å². The first-order valence-corrected chi connectivity index (χ1v) is 5.19. The maximum Gasteiger partial charge on any atom is 0.417 e. The minimum atomic E-state index is -4.48. The van der Waals surface area contributed by atoms with E-state index in [2.05, 4.69) is 15.9 Å². The van der Waals surface area contributed by atoms with Gasteiger partial charge in [-0.2, -0.15) is 18.4 Å². The van der Waals surface area contributed by atoms with E-state index in [0.29, 0.717) is 8.04 Å². The van der Waals surface area contributed by atoms with Crippen LogP contribution in [-0.2, 0) is 6.18 Å². The summed E-state index contributed by atoms with van der Waals surface area (Å²) in [5, 5.41) is 8.52. The summed E-state index contributed by atoms with van der Waals surface area (Å²) >= 11 is 4.83. The van der Waals surface area contributed by atoms with Crippen LogP contribution in [0.15, 0.2) is 16.6 Å². The molecular formula is C8H2BrF3IN. The van der Waals surface area contributed by atoms with Gasteiger partial charge >= 0.3 is 6.18 Å². The molecule has 0 heterocycles. The van der Waals surface area contributed by atoms with Crippen molar-refractivity contribution in [3.8, 4) is 6.07 Å². The Bertz CT molecular complexity index is 408. The van der Waals surface area contributed by atoms with E-state index in [4.69, 9.17) is 5.26 Å². The summed E-state index contributed by atoms with van der Waals surface area (Å²) in [5.74, 6) is 0. The van der Waals surface area contributed by atoms with Crippen LogP contribution in [0.5, 0.6) is 0 Å². The van der Waals surface area contributed by atoms with Crippen molar-refractivity contribution in [2.45, 2.75) is 6.18 Å². The number of nitrogens with zero attached hydrogens (tertiary/aromatic N) is 1. The molecular weight excluding hydrogens is 374 g/mol. The first-order chi connectivity index (χ1) is 6.36. The van der Waals surface area contributed by atoms with E-state index in [0.717, 1.165) is 6.07 Å². The molecule has 0 aromatic heterocycles. The number of rotatable bonds is 0. The maximum absolute atomic E-state index is 12.4. The lowest BCUT2D eigenvalue weighted by Crippen LogP contribution is -2.08. The van der Waals surface area contributed by atoms with E-state index in [1.165, 1.54) is 12.1 Å². The van der Waals surface area contributed by atoms with Crippen LogP contribution < -0.4 is 0 Å². The van der Waals surface area contributed by atoms with Gasteiger partial charge in [-0.3, -0.25) is 0 Å². The highest BCUT2D eigenvalue weighted by Crippen LogP contribution is 2.35. The minimum Gasteiger partial charge on any atom is -0.192 e. The number of halogens is 5. The van der Waals surface area contributed by atoms with Crippen LogP contribution in [-0.4, -0.2) is 0 Å². The van der Waals surface area contributed by atoms with E-state index in [1.807, 2.05) is 0 Å². The molecule has 0 atom stereocenters. The lowest BCUT2D eigenvalue weighted by atomic mass is 10.1. The third kappa shape index (κ3) is 2.39. The van der Waals surface area contributed by atoms with Gasteiger partial charge in [-0.25, -0.2) is 0 Å². The SMILES string of the molecule is N#Cc1cc(Br)c(I)cc1C(F)(F)F. The fraction of sp³-hybridized carbons (Fsp3) is 0.125. The van der Waals surface area contributed by atoms with Gasteiger partial charge in [0.2, 0.25) is 0 Å². The van der Waals surface area contributed by atoms with Crippen molar-refractivity contribution in [3.05, 3.63) is 31.3 Å². The van der Waals surface area contributed by atoms with Crippen LogP contribution in [0.2, 0.25) is 0 Å². The highest BCUT2D eigenvalue weighted by molar-refractivity contribution is 14.1. The summed E-state index contributed by atoms with van der Waals surface area (Å²) in [6, 6.07) is 3.64. The second-order valence-corrected chi connectivity index (χ2v) is 4.44. The normalized spacial score (nSPS) is 11.1. The van der Waals surface area contributed by atoms with Gasteiger partial charge in [0.25, 0.3) is 0 Å². The highest BCUT2D eigenvalue weighted by atomic mass is 127. The van der Waals surface area contributed by atoms with Crippen LogP contribution in [0.25, 0.3) is 0 Å². The smallest absolute Gasteiger partial charge is 0.192 e. The van der Waals surface area contributed by atoms with E-state index < -0.39 is 11.7 Å². The van der Waals surface area contributed by atoms with Crippen LogP contribution >= 0.6 is 38.5 Å². The quantitative estimate of drug-likeness (QED) is 0.630. The zero-order chi connectivity index (χ0) is 10.9. The molecule has 0 saturated carbocycles. The summed E-state index contributed by atoms with van der Waals surface area (Å²) in [6.45, 7) is 0. The topological polar surface area (TPSA) is 23.8 Å². The van der Waals surface area contributed by atoms with Crippen LogP contribution in [0.4, 0.5) is 13.2 Å². The summed E-state index contributed by atoms with van der Waals surface area (Å²) in [5.41, 5.74) is -1.27. The zero-order valence-corrected chi connectivity index (χ0v) is 10.2. The lowest BCUT2D eigenvalue weighted by molar-refractivity contribution is -0.137. The average molecular weight is 376 g/mol. The molecule has 6 heteroatoms. The second-order valence-electron chi connectivity index (χ2n) is 2.42. The summed E-state index contributed by atoms with van der Waals surface area (Å²) in [7, 11) is 0. The van der Waals surface area contributed by atoms with Gasteiger partial charge in [-0.15, -0.1) is 0 Å². The van der Waals surface area contributed by atoms with Crippen molar-refractivity contribution >= 4 is 38.5 Å². The second kappa shape index (κ2) is 4.06. The summed E-state index contributed by atoms with van der Waals surface area (Å²) in [4.78, 5) is 0. The van der Waals surface area contributed by atoms with Gasteiger partial charge in [0.1, 0.15) is 0 Å². The Hall–Kier alpha value is -0.290. The molecule has 0 amide bonds. The van der Waals surface area contributed by atoms with Crippen molar-refractivity contribution in [3.63, 3.8) is 0 Å². The van der Waals surface area contributed by atoms with Gasteiger partial charge in [-0.1, -0.05) is 0 Å².